The van der Waals surface area contributed by atoms with Crippen LogP contribution in [0.15, 0.2) is 27.4 Å². The molecule has 18 heavy (non-hydrogen) atoms. The molecule has 0 spiro atoms. The van der Waals surface area contributed by atoms with Gasteiger partial charge < -0.3 is 15.5 Å². The normalized spacial score (nSPS) is 24.3. The number of H-pyrrole nitrogens is 1. The maximum Gasteiger partial charge on any atom is 0.417 e. The van der Waals surface area contributed by atoms with E-state index in [2.05, 4.69) is 10.3 Å². The van der Waals surface area contributed by atoms with Crippen LogP contribution in [0, 0.1) is 0 Å². The van der Waals surface area contributed by atoms with Gasteiger partial charge in [-0.3, -0.25) is 4.98 Å². The van der Waals surface area contributed by atoms with Gasteiger partial charge >= 0.3 is 5.76 Å². The summed E-state index contributed by atoms with van der Waals surface area (Å²) in [6.45, 7) is 0. The zero-order chi connectivity index (χ0) is 12.5. The lowest BCUT2D eigenvalue weighted by molar-refractivity contribution is 0.411. The number of anilines is 1. The van der Waals surface area contributed by atoms with Gasteiger partial charge in [0.2, 0.25) is 0 Å². The molecule has 0 amide bonds. The van der Waals surface area contributed by atoms with Crippen molar-refractivity contribution in [3.63, 3.8) is 0 Å². The van der Waals surface area contributed by atoms with Crippen LogP contribution in [0.1, 0.15) is 25.7 Å². The standard InChI is InChI=1S/C13H17N3O2/c14-8-1-3-9(4-2-8)15-10-5-6-12-11(7-10)16-13(17)18-12/h5-9,15H,1-4,14H2,(H,16,17). The molecule has 4 N–H and O–H groups in total. The molecule has 1 saturated carbocycles. The second kappa shape index (κ2) is 4.49. The van der Waals surface area contributed by atoms with E-state index in [-0.39, 0.29) is 0 Å². The van der Waals surface area contributed by atoms with Crippen LogP contribution in [0.4, 0.5) is 5.69 Å². The Bertz CT molecular complexity index is 594. The smallest absolute Gasteiger partial charge is 0.408 e. The van der Waals surface area contributed by atoms with E-state index in [1.807, 2.05) is 18.2 Å². The molecule has 1 fully saturated rings. The van der Waals surface area contributed by atoms with Crippen molar-refractivity contribution in [3.8, 4) is 0 Å². The van der Waals surface area contributed by atoms with Crippen molar-refractivity contribution in [1.29, 1.82) is 0 Å². The van der Waals surface area contributed by atoms with E-state index in [1.54, 1.807) is 0 Å². The van der Waals surface area contributed by atoms with Crippen LogP contribution >= 0.6 is 0 Å². The summed E-state index contributed by atoms with van der Waals surface area (Å²) in [7, 11) is 0. The molecule has 5 nitrogen and oxygen atoms in total. The highest BCUT2D eigenvalue weighted by Gasteiger charge is 2.18. The Balaban J connectivity index is 1.76. The summed E-state index contributed by atoms with van der Waals surface area (Å²) in [5.41, 5.74) is 8.23. The van der Waals surface area contributed by atoms with Gasteiger partial charge in [0.05, 0.1) is 5.52 Å². The molecule has 5 heteroatoms. The minimum atomic E-state index is -0.411. The van der Waals surface area contributed by atoms with Crippen LogP contribution in [0.5, 0.6) is 0 Å². The maximum absolute atomic E-state index is 11.1. The van der Waals surface area contributed by atoms with Crippen LogP contribution < -0.4 is 16.8 Å². The Morgan fingerprint density at radius 3 is 2.83 bits per heavy atom. The molecule has 1 aromatic carbocycles. The highest BCUT2D eigenvalue weighted by Crippen LogP contribution is 2.23. The first-order valence-corrected chi connectivity index (χ1v) is 6.36. The Kier molecular flexibility index (Phi) is 2.83. The molecule has 0 unspecified atom stereocenters. The SMILES string of the molecule is NC1CCC(Nc2ccc3oc(=O)[nH]c3c2)CC1. The molecule has 2 aromatic rings. The van der Waals surface area contributed by atoms with Crippen molar-refractivity contribution in [3.05, 3.63) is 28.7 Å². The van der Waals surface area contributed by atoms with Crippen molar-refractivity contribution in [2.75, 3.05) is 5.32 Å². The minimum Gasteiger partial charge on any atom is -0.408 e. The molecule has 1 aromatic heterocycles. The third-order valence-electron chi connectivity index (χ3n) is 3.56. The van der Waals surface area contributed by atoms with Gasteiger partial charge in [0, 0.05) is 17.8 Å². The van der Waals surface area contributed by atoms with E-state index < -0.39 is 5.76 Å². The largest absolute Gasteiger partial charge is 0.417 e. The molecule has 0 radical (unpaired) electrons. The Morgan fingerprint density at radius 1 is 1.28 bits per heavy atom. The minimum absolute atomic E-state index is 0.357. The van der Waals surface area contributed by atoms with Crippen LogP contribution in [-0.4, -0.2) is 17.1 Å². The second-order valence-corrected chi connectivity index (χ2v) is 4.98. The molecule has 1 aliphatic rings. The summed E-state index contributed by atoms with van der Waals surface area (Å²) in [5.74, 6) is -0.411. The number of hydrogen-bond acceptors (Lipinski definition) is 4. The summed E-state index contributed by atoms with van der Waals surface area (Å²) in [6.07, 6.45) is 4.34. The molecule has 1 aliphatic carbocycles. The average Bonchev–Trinajstić information content (AvgIpc) is 2.71. The molecule has 0 atom stereocenters. The van der Waals surface area contributed by atoms with E-state index in [4.69, 9.17) is 10.2 Å². The molecular formula is C13H17N3O2. The van der Waals surface area contributed by atoms with Crippen LogP contribution in [0.2, 0.25) is 0 Å². The summed E-state index contributed by atoms with van der Waals surface area (Å²) in [4.78, 5) is 13.7. The predicted octanol–water partition coefficient (Wildman–Crippen LogP) is 1.80. The van der Waals surface area contributed by atoms with Crippen molar-refractivity contribution < 1.29 is 4.42 Å². The summed E-state index contributed by atoms with van der Waals surface area (Å²) >= 11 is 0. The monoisotopic (exact) mass is 247 g/mol. The zero-order valence-corrected chi connectivity index (χ0v) is 10.1. The maximum atomic E-state index is 11.1. The summed E-state index contributed by atoms with van der Waals surface area (Å²) < 4.78 is 4.97. The molecule has 96 valence electrons. The van der Waals surface area contributed by atoms with Gasteiger partial charge in [0.25, 0.3) is 0 Å². The predicted molar refractivity (Wildman–Crippen MR) is 70.7 cm³/mol. The van der Waals surface area contributed by atoms with Gasteiger partial charge in [-0.15, -0.1) is 0 Å². The number of rotatable bonds is 2. The first-order valence-electron chi connectivity index (χ1n) is 6.36. The molecule has 0 bridgehead atoms. The highest BCUT2D eigenvalue weighted by molar-refractivity contribution is 5.76. The van der Waals surface area contributed by atoms with Crippen LogP contribution in [0.3, 0.4) is 0 Å². The van der Waals surface area contributed by atoms with E-state index >= 15 is 0 Å². The topological polar surface area (TPSA) is 84.0 Å². The molecular weight excluding hydrogens is 230 g/mol. The molecule has 1 heterocycles. The fourth-order valence-electron chi connectivity index (χ4n) is 2.54. The van der Waals surface area contributed by atoms with E-state index in [0.717, 1.165) is 36.9 Å². The number of hydrogen-bond donors (Lipinski definition) is 3. The van der Waals surface area contributed by atoms with Gasteiger partial charge in [-0.05, 0) is 43.9 Å². The van der Waals surface area contributed by atoms with Gasteiger partial charge in [-0.2, -0.15) is 0 Å². The Morgan fingerprint density at radius 2 is 2.06 bits per heavy atom. The summed E-state index contributed by atoms with van der Waals surface area (Å²) in [6, 6.07) is 6.49. The Labute approximate surface area is 104 Å². The van der Waals surface area contributed by atoms with Crippen molar-refractivity contribution in [1.82, 2.24) is 4.98 Å². The quantitative estimate of drug-likeness (QED) is 0.755. The lowest BCUT2D eigenvalue weighted by Gasteiger charge is -2.27. The number of nitrogens with two attached hydrogens (primary N) is 1. The van der Waals surface area contributed by atoms with E-state index in [0.29, 0.717) is 17.7 Å². The third-order valence-corrected chi connectivity index (χ3v) is 3.56. The van der Waals surface area contributed by atoms with Crippen molar-refractivity contribution in [2.45, 2.75) is 37.8 Å². The van der Waals surface area contributed by atoms with Crippen molar-refractivity contribution in [2.24, 2.45) is 5.73 Å². The number of aromatic amines is 1. The van der Waals surface area contributed by atoms with Gasteiger partial charge in [-0.1, -0.05) is 0 Å². The zero-order valence-electron chi connectivity index (χ0n) is 10.1. The fraction of sp³-hybridized carbons (Fsp3) is 0.462. The number of nitrogens with one attached hydrogen (secondary N) is 2. The van der Waals surface area contributed by atoms with E-state index in [1.165, 1.54) is 0 Å². The lowest BCUT2D eigenvalue weighted by Crippen LogP contribution is -2.32. The number of oxazole rings is 1. The number of aromatic nitrogens is 1. The first-order chi connectivity index (χ1) is 8.70. The highest BCUT2D eigenvalue weighted by atomic mass is 16.4. The van der Waals surface area contributed by atoms with E-state index in [9.17, 15) is 4.79 Å². The third kappa shape index (κ3) is 2.26. The Hall–Kier alpha value is -1.75. The van der Waals surface area contributed by atoms with Crippen LogP contribution in [-0.2, 0) is 0 Å². The molecule has 0 saturated heterocycles. The fourth-order valence-corrected chi connectivity index (χ4v) is 2.54. The molecule has 3 rings (SSSR count). The van der Waals surface area contributed by atoms with Crippen molar-refractivity contribution >= 4 is 16.8 Å². The first kappa shape index (κ1) is 11.3. The van der Waals surface area contributed by atoms with Gasteiger partial charge in [0.15, 0.2) is 5.58 Å². The number of fused-ring (bicyclic) bond motifs is 1. The van der Waals surface area contributed by atoms with Crippen LogP contribution in [0.25, 0.3) is 11.1 Å². The molecule has 0 aliphatic heterocycles. The lowest BCUT2D eigenvalue weighted by atomic mass is 9.91. The van der Waals surface area contributed by atoms with Gasteiger partial charge in [-0.25, -0.2) is 4.79 Å². The average molecular weight is 247 g/mol. The van der Waals surface area contributed by atoms with Gasteiger partial charge in [0.1, 0.15) is 0 Å². The summed E-state index contributed by atoms with van der Waals surface area (Å²) in [5, 5.41) is 3.48. The number of benzene rings is 1. The second-order valence-electron chi connectivity index (χ2n) is 4.98.